The summed E-state index contributed by atoms with van der Waals surface area (Å²) in [4.78, 5) is 10.9. The summed E-state index contributed by atoms with van der Waals surface area (Å²) in [6.45, 7) is 4.07. The summed E-state index contributed by atoms with van der Waals surface area (Å²) >= 11 is 0. The van der Waals surface area contributed by atoms with E-state index in [0.29, 0.717) is 6.54 Å². The van der Waals surface area contributed by atoms with Gasteiger partial charge in [-0.2, -0.15) is 0 Å². The fourth-order valence-corrected chi connectivity index (χ4v) is 0.803. The van der Waals surface area contributed by atoms with Crippen molar-refractivity contribution in [3.05, 3.63) is 24.2 Å². The van der Waals surface area contributed by atoms with E-state index in [1.807, 2.05) is 6.07 Å². The minimum Gasteiger partial charge on any atom is -0.472 e. The molecule has 1 aromatic rings. The van der Waals surface area contributed by atoms with Crippen molar-refractivity contribution in [1.82, 2.24) is 5.32 Å². The summed E-state index contributed by atoms with van der Waals surface area (Å²) < 4.78 is 4.88. The van der Waals surface area contributed by atoms with E-state index in [9.17, 15) is 4.79 Å². The lowest BCUT2D eigenvalue weighted by molar-refractivity contribution is -0.123. The third-order valence-corrected chi connectivity index (χ3v) is 1.93. The first kappa shape index (κ1) is 9.80. The van der Waals surface area contributed by atoms with Crippen molar-refractivity contribution in [2.45, 2.75) is 25.9 Å². The minimum atomic E-state index is -0.683. The number of carbonyl (C=O) groups excluding carboxylic acids is 1. The van der Waals surface area contributed by atoms with Crippen LogP contribution in [-0.4, -0.2) is 11.4 Å². The summed E-state index contributed by atoms with van der Waals surface area (Å²) in [6.07, 6.45) is 3.22. The van der Waals surface area contributed by atoms with Crippen LogP contribution >= 0.6 is 0 Å². The lowest BCUT2D eigenvalue weighted by Gasteiger charge is -2.21. The predicted octanol–water partition coefficient (Wildman–Crippen LogP) is 0.633. The van der Waals surface area contributed by atoms with Gasteiger partial charge in [-0.05, 0) is 19.9 Å². The molecule has 0 aromatic carbocycles. The Balaban J connectivity index is 2.47. The van der Waals surface area contributed by atoms with Crippen LogP contribution in [0.4, 0.5) is 0 Å². The zero-order valence-electron chi connectivity index (χ0n) is 7.83. The van der Waals surface area contributed by atoms with Crippen LogP contribution in [0, 0.1) is 0 Å². The van der Waals surface area contributed by atoms with Gasteiger partial charge in [0.25, 0.3) is 0 Å². The molecule has 4 heteroatoms. The van der Waals surface area contributed by atoms with Crippen LogP contribution in [0.25, 0.3) is 0 Å². The Morgan fingerprint density at radius 2 is 2.38 bits per heavy atom. The van der Waals surface area contributed by atoms with Gasteiger partial charge < -0.3 is 10.2 Å². The number of furan rings is 1. The van der Waals surface area contributed by atoms with Crippen LogP contribution in [0.5, 0.6) is 0 Å². The quantitative estimate of drug-likeness (QED) is 0.717. The normalized spacial score (nSPS) is 11.5. The average Bonchev–Trinajstić information content (AvgIpc) is 2.52. The molecule has 1 heterocycles. The number of nitrogens with two attached hydrogens (primary N) is 1. The molecule has 1 rings (SSSR count). The maximum absolute atomic E-state index is 10.9. The molecule has 0 saturated heterocycles. The van der Waals surface area contributed by atoms with E-state index in [1.165, 1.54) is 0 Å². The van der Waals surface area contributed by atoms with Crippen LogP contribution in [0.15, 0.2) is 23.0 Å². The Hall–Kier alpha value is -1.29. The molecule has 0 atom stereocenters. The molecule has 1 amide bonds. The SMILES string of the molecule is CC(C)(NCc1ccoc1)C(N)=O. The first-order chi connectivity index (χ1) is 6.02. The molecular weight excluding hydrogens is 168 g/mol. The van der Waals surface area contributed by atoms with Crippen LogP contribution in [0.2, 0.25) is 0 Å². The van der Waals surface area contributed by atoms with Crippen molar-refractivity contribution in [1.29, 1.82) is 0 Å². The van der Waals surface area contributed by atoms with Gasteiger partial charge in [-0.25, -0.2) is 0 Å². The number of rotatable bonds is 4. The number of primary amides is 1. The topological polar surface area (TPSA) is 68.3 Å². The van der Waals surface area contributed by atoms with E-state index in [4.69, 9.17) is 10.2 Å². The van der Waals surface area contributed by atoms with Gasteiger partial charge in [0.15, 0.2) is 0 Å². The molecule has 4 nitrogen and oxygen atoms in total. The van der Waals surface area contributed by atoms with Gasteiger partial charge in [-0.15, -0.1) is 0 Å². The van der Waals surface area contributed by atoms with E-state index in [-0.39, 0.29) is 5.91 Å². The molecular formula is C9H14N2O2. The Morgan fingerprint density at radius 3 is 2.85 bits per heavy atom. The molecule has 0 saturated carbocycles. The standard InChI is InChI=1S/C9H14N2O2/c1-9(2,8(10)12)11-5-7-3-4-13-6-7/h3-4,6,11H,5H2,1-2H3,(H2,10,12). The lowest BCUT2D eigenvalue weighted by atomic mass is 10.1. The molecule has 0 aliphatic carbocycles. The molecule has 0 aliphatic rings. The molecule has 72 valence electrons. The third-order valence-electron chi connectivity index (χ3n) is 1.93. The molecule has 0 spiro atoms. The highest BCUT2D eigenvalue weighted by atomic mass is 16.3. The van der Waals surface area contributed by atoms with Gasteiger partial charge in [0.05, 0.1) is 18.1 Å². The molecule has 0 radical (unpaired) electrons. The Labute approximate surface area is 77.1 Å². The molecule has 3 N–H and O–H groups in total. The number of carbonyl (C=O) groups is 1. The van der Waals surface area contributed by atoms with Crippen molar-refractivity contribution in [2.24, 2.45) is 5.73 Å². The fourth-order valence-electron chi connectivity index (χ4n) is 0.803. The second-order valence-corrected chi connectivity index (χ2v) is 3.47. The van der Waals surface area contributed by atoms with Gasteiger partial charge in [0.1, 0.15) is 0 Å². The highest BCUT2D eigenvalue weighted by Gasteiger charge is 2.23. The largest absolute Gasteiger partial charge is 0.472 e. The van der Waals surface area contributed by atoms with E-state index < -0.39 is 5.54 Å². The van der Waals surface area contributed by atoms with Gasteiger partial charge in [-0.1, -0.05) is 0 Å². The second-order valence-electron chi connectivity index (χ2n) is 3.47. The fraction of sp³-hybridized carbons (Fsp3) is 0.444. The smallest absolute Gasteiger partial charge is 0.237 e. The average molecular weight is 182 g/mol. The van der Waals surface area contributed by atoms with Crippen molar-refractivity contribution in [3.63, 3.8) is 0 Å². The summed E-state index contributed by atoms with van der Waals surface area (Å²) in [7, 11) is 0. The molecule has 0 unspecified atom stereocenters. The van der Waals surface area contributed by atoms with E-state index in [1.54, 1.807) is 26.4 Å². The monoisotopic (exact) mass is 182 g/mol. The van der Waals surface area contributed by atoms with Crippen LogP contribution < -0.4 is 11.1 Å². The summed E-state index contributed by atoms with van der Waals surface area (Å²) in [6, 6.07) is 1.84. The zero-order chi connectivity index (χ0) is 9.90. The summed E-state index contributed by atoms with van der Waals surface area (Å²) in [5.74, 6) is -0.365. The summed E-state index contributed by atoms with van der Waals surface area (Å²) in [5.41, 5.74) is 5.50. The van der Waals surface area contributed by atoms with Gasteiger partial charge in [-0.3, -0.25) is 10.1 Å². The second kappa shape index (κ2) is 3.62. The summed E-state index contributed by atoms with van der Waals surface area (Å²) in [5, 5.41) is 3.03. The number of hydrogen-bond acceptors (Lipinski definition) is 3. The van der Waals surface area contributed by atoms with E-state index >= 15 is 0 Å². The first-order valence-electron chi connectivity index (χ1n) is 4.08. The van der Waals surface area contributed by atoms with Crippen LogP contribution in [-0.2, 0) is 11.3 Å². The van der Waals surface area contributed by atoms with Crippen LogP contribution in [0.3, 0.4) is 0 Å². The minimum absolute atomic E-state index is 0.365. The molecule has 0 fully saturated rings. The molecule has 0 aliphatic heterocycles. The van der Waals surface area contributed by atoms with E-state index in [2.05, 4.69) is 5.32 Å². The third kappa shape index (κ3) is 2.59. The van der Waals surface area contributed by atoms with Gasteiger partial charge in [0.2, 0.25) is 5.91 Å². The maximum Gasteiger partial charge on any atom is 0.237 e. The van der Waals surface area contributed by atoms with Gasteiger partial charge >= 0.3 is 0 Å². The van der Waals surface area contributed by atoms with Crippen LogP contribution in [0.1, 0.15) is 19.4 Å². The number of amides is 1. The Morgan fingerprint density at radius 1 is 1.69 bits per heavy atom. The van der Waals surface area contributed by atoms with Gasteiger partial charge in [0, 0.05) is 12.1 Å². The van der Waals surface area contributed by atoms with Crippen molar-refractivity contribution >= 4 is 5.91 Å². The van der Waals surface area contributed by atoms with Crippen molar-refractivity contribution < 1.29 is 9.21 Å². The Kier molecular flexibility index (Phi) is 2.72. The zero-order valence-corrected chi connectivity index (χ0v) is 7.83. The first-order valence-corrected chi connectivity index (χ1v) is 4.08. The van der Waals surface area contributed by atoms with Crippen molar-refractivity contribution in [2.75, 3.05) is 0 Å². The molecule has 0 bridgehead atoms. The highest BCUT2D eigenvalue weighted by Crippen LogP contribution is 2.04. The lowest BCUT2D eigenvalue weighted by Crippen LogP contribution is -2.50. The number of nitrogens with one attached hydrogen (secondary N) is 1. The Bertz CT molecular complexity index is 278. The number of hydrogen-bond donors (Lipinski definition) is 2. The molecule has 1 aromatic heterocycles. The van der Waals surface area contributed by atoms with E-state index in [0.717, 1.165) is 5.56 Å². The highest BCUT2D eigenvalue weighted by molar-refractivity contribution is 5.83. The predicted molar refractivity (Wildman–Crippen MR) is 48.8 cm³/mol. The van der Waals surface area contributed by atoms with Crippen molar-refractivity contribution in [3.8, 4) is 0 Å². The molecule has 13 heavy (non-hydrogen) atoms. The maximum atomic E-state index is 10.9.